The number of rotatable bonds is 5. The molecule has 0 N–H and O–H groups in total. The third-order valence-corrected chi connectivity index (χ3v) is 2.66. The van der Waals surface area contributed by atoms with Gasteiger partial charge in [0.25, 0.3) is 0 Å². The first-order chi connectivity index (χ1) is 8.33. The van der Waals surface area contributed by atoms with Crippen molar-refractivity contribution in [3.63, 3.8) is 0 Å². The van der Waals surface area contributed by atoms with Crippen LogP contribution in [0.3, 0.4) is 0 Å². The molecule has 1 aromatic carbocycles. The molecule has 17 heavy (non-hydrogen) atoms. The first-order valence-corrected chi connectivity index (χ1v) is 5.83. The number of aromatic nitrogens is 3. The van der Waals surface area contributed by atoms with Gasteiger partial charge in [-0.05, 0) is 24.1 Å². The lowest BCUT2D eigenvalue weighted by molar-refractivity contribution is 0.414. The third-order valence-electron chi connectivity index (χ3n) is 2.66. The molecule has 0 saturated heterocycles. The predicted octanol–water partition coefficient (Wildman–Crippen LogP) is 2.29. The summed E-state index contributed by atoms with van der Waals surface area (Å²) in [5, 5.41) is 8.12. The van der Waals surface area contributed by atoms with E-state index in [9.17, 15) is 0 Å². The number of nitrogens with zero attached hydrogens (tertiary/aromatic N) is 3. The number of hydrogen-bond acceptors (Lipinski definition) is 3. The molecule has 0 aliphatic heterocycles. The quantitative estimate of drug-likeness (QED) is 0.792. The van der Waals surface area contributed by atoms with Crippen molar-refractivity contribution in [2.24, 2.45) is 0 Å². The summed E-state index contributed by atoms with van der Waals surface area (Å²) in [5.41, 5.74) is 1.19. The standard InChI is InChI=1S/C13H17N3O/c1-3-7-16-10-14-15-13(16)9-11-5-4-6-12(8-11)17-2/h4-6,8,10H,3,7,9H2,1-2H3. The van der Waals surface area contributed by atoms with E-state index in [1.807, 2.05) is 18.2 Å². The Morgan fingerprint density at radius 1 is 1.35 bits per heavy atom. The molecule has 90 valence electrons. The van der Waals surface area contributed by atoms with Crippen LogP contribution < -0.4 is 4.74 Å². The van der Waals surface area contributed by atoms with E-state index in [1.165, 1.54) is 5.56 Å². The molecule has 0 unspecified atom stereocenters. The largest absolute Gasteiger partial charge is 0.497 e. The van der Waals surface area contributed by atoms with E-state index >= 15 is 0 Å². The first-order valence-electron chi connectivity index (χ1n) is 5.83. The SMILES string of the molecule is CCCn1cnnc1Cc1cccc(OC)c1. The van der Waals surface area contributed by atoms with Crippen molar-refractivity contribution in [1.29, 1.82) is 0 Å². The topological polar surface area (TPSA) is 39.9 Å². The van der Waals surface area contributed by atoms with Crippen LogP contribution in [0.4, 0.5) is 0 Å². The molecule has 0 fully saturated rings. The summed E-state index contributed by atoms with van der Waals surface area (Å²) in [6.45, 7) is 3.11. The van der Waals surface area contributed by atoms with Gasteiger partial charge in [0.05, 0.1) is 7.11 Å². The van der Waals surface area contributed by atoms with E-state index in [-0.39, 0.29) is 0 Å². The van der Waals surface area contributed by atoms with E-state index in [0.717, 1.165) is 31.0 Å². The van der Waals surface area contributed by atoms with Gasteiger partial charge in [-0.2, -0.15) is 0 Å². The fourth-order valence-electron chi connectivity index (χ4n) is 1.81. The molecule has 0 saturated carbocycles. The Morgan fingerprint density at radius 2 is 2.24 bits per heavy atom. The lowest BCUT2D eigenvalue weighted by atomic mass is 10.1. The maximum absolute atomic E-state index is 5.21. The van der Waals surface area contributed by atoms with Gasteiger partial charge in [0.2, 0.25) is 0 Å². The second-order valence-corrected chi connectivity index (χ2v) is 3.97. The van der Waals surface area contributed by atoms with Crippen LogP contribution >= 0.6 is 0 Å². The van der Waals surface area contributed by atoms with Crippen LogP contribution in [0.2, 0.25) is 0 Å². The van der Waals surface area contributed by atoms with Crippen LogP contribution in [0.5, 0.6) is 5.75 Å². The van der Waals surface area contributed by atoms with Gasteiger partial charge in [0.15, 0.2) is 0 Å². The minimum Gasteiger partial charge on any atom is -0.497 e. The Kier molecular flexibility index (Phi) is 3.75. The fourth-order valence-corrected chi connectivity index (χ4v) is 1.81. The molecular weight excluding hydrogens is 214 g/mol. The zero-order valence-electron chi connectivity index (χ0n) is 10.3. The monoisotopic (exact) mass is 231 g/mol. The normalized spacial score (nSPS) is 10.5. The highest BCUT2D eigenvalue weighted by Crippen LogP contribution is 2.15. The van der Waals surface area contributed by atoms with E-state index in [1.54, 1.807) is 13.4 Å². The van der Waals surface area contributed by atoms with E-state index < -0.39 is 0 Å². The van der Waals surface area contributed by atoms with Crippen LogP contribution in [-0.4, -0.2) is 21.9 Å². The minimum absolute atomic E-state index is 0.789. The molecule has 4 nitrogen and oxygen atoms in total. The van der Waals surface area contributed by atoms with Gasteiger partial charge in [-0.25, -0.2) is 0 Å². The highest BCUT2D eigenvalue weighted by atomic mass is 16.5. The molecule has 0 spiro atoms. The van der Waals surface area contributed by atoms with Crippen molar-refractivity contribution < 1.29 is 4.74 Å². The smallest absolute Gasteiger partial charge is 0.137 e. The summed E-state index contributed by atoms with van der Waals surface area (Å²) in [6, 6.07) is 8.05. The molecular formula is C13H17N3O. The van der Waals surface area contributed by atoms with Gasteiger partial charge in [-0.15, -0.1) is 10.2 Å². The van der Waals surface area contributed by atoms with E-state index in [4.69, 9.17) is 4.74 Å². The van der Waals surface area contributed by atoms with Gasteiger partial charge in [-0.3, -0.25) is 0 Å². The second-order valence-electron chi connectivity index (χ2n) is 3.97. The van der Waals surface area contributed by atoms with Crippen molar-refractivity contribution in [3.05, 3.63) is 42.0 Å². The Bertz CT molecular complexity index is 479. The molecule has 2 rings (SSSR count). The Morgan fingerprint density at radius 3 is 3.00 bits per heavy atom. The van der Waals surface area contributed by atoms with Crippen molar-refractivity contribution in [1.82, 2.24) is 14.8 Å². The number of methoxy groups -OCH3 is 1. The molecule has 0 bridgehead atoms. The molecule has 0 radical (unpaired) electrons. The highest BCUT2D eigenvalue weighted by molar-refractivity contribution is 5.30. The number of ether oxygens (including phenoxy) is 1. The Hall–Kier alpha value is -1.84. The van der Waals surface area contributed by atoms with E-state index in [2.05, 4.69) is 27.8 Å². The fraction of sp³-hybridized carbons (Fsp3) is 0.385. The molecule has 2 aromatic rings. The second kappa shape index (κ2) is 5.48. The third kappa shape index (κ3) is 2.84. The number of hydrogen-bond donors (Lipinski definition) is 0. The highest BCUT2D eigenvalue weighted by Gasteiger charge is 2.05. The molecule has 0 aliphatic carbocycles. The Balaban J connectivity index is 2.16. The average Bonchev–Trinajstić information content (AvgIpc) is 2.78. The molecule has 0 atom stereocenters. The summed E-state index contributed by atoms with van der Waals surface area (Å²) in [5.74, 6) is 1.88. The van der Waals surface area contributed by atoms with Crippen molar-refractivity contribution >= 4 is 0 Å². The number of benzene rings is 1. The van der Waals surface area contributed by atoms with Gasteiger partial charge < -0.3 is 9.30 Å². The van der Waals surface area contributed by atoms with Crippen LogP contribution in [0, 0.1) is 0 Å². The molecule has 4 heteroatoms. The van der Waals surface area contributed by atoms with Crippen molar-refractivity contribution in [2.75, 3.05) is 7.11 Å². The van der Waals surface area contributed by atoms with Crippen LogP contribution in [-0.2, 0) is 13.0 Å². The molecule has 0 aliphatic rings. The van der Waals surface area contributed by atoms with Gasteiger partial charge in [0, 0.05) is 13.0 Å². The maximum atomic E-state index is 5.21. The summed E-state index contributed by atoms with van der Waals surface area (Å²) in [6.07, 6.45) is 3.67. The van der Waals surface area contributed by atoms with Gasteiger partial charge in [-0.1, -0.05) is 19.1 Å². The lowest BCUT2D eigenvalue weighted by Crippen LogP contribution is -2.03. The van der Waals surface area contributed by atoms with Crippen LogP contribution in [0.15, 0.2) is 30.6 Å². The van der Waals surface area contributed by atoms with E-state index in [0.29, 0.717) is 0 Å². The zero-order valence-corrected chi connectivity index (χ0v) is 10.3. The summed E-state index contributed by atoms with van der Waals surface area (Å²) in [4.78, 5) is 0. The number of aryl methyl sites for hydroxylation is 1. The van der Waals surface area contributed by atoms with Crippen LogP contribution in [0.1, 0.15) is 24.7 Å². The lowest BCUT2D eigenvalue weighted by Gasteiger charge is -2.06. The minimum atomic E-state index is 0.789. The molecule has 1 aromatic heterocycles. The molecule has 0 amide bonds. The first kappa shape index (κ1) is 11.6. The van der Waals surface area contributed by atoms with Gasteiger partial charge in [0.1, 0.15) is 17.9 Å². The summed E-state index contributed by atoms with van der Waals surface area (Å²) < 4.78 is 7.31. The zero-order chi connectivity index (χ0) is 12.1. The van der Waals surface area contributed by atoms with Crippen LogP contribution in [0.25, 0.3) is 0 Å². The van der Waals surface area contributed by atoms with Gasteiger partial charge >= 0.3 is 0 Å². The predicted molar refractivity (Wildman–Crippen MR) is 66.1 cm³/mol. The summed E-state index contributed by atoms with van der Waals surface area (Å²) >= 11 is 0. The average molecular weight is 231 g/mol. The molecule has 1 heterocycles. The van der Waals surface area contributed by atoms with Crippen molar-refractivity contribution in [2.45, 2.75) is 26.3 Å². The van der Waals surface area contributed by atoms with Crippen molar-refractivity contribution in [3.8, 4) is 5.75 Å². The Labute approximate surface area is 101 Å². The summed E-state index contributed by atoms with van der Waals surface area (Å²) in [7, 11) is 1.68. The maximum Gasteiger partial charge on any atom is 0.137 e.